The largest absolute Gasteiger partial charge is 0.460 e. The molecule has 0 heterocycles. The molecule has 0 aromatic carbocycles. The Kier molecular flexibility index (Phi) is 5.35. The van der Waals surface area contributed by atoms with E-state index in [4.69, 9.17) is 5.11 Å². The molecular formula is C8H5F11O3. The van der Waals surface area contributed by atoms with Crippen molar-refractivity contribution < 1.29 is 62.9 Å². The number of esters is 1. The van der Waals surface area contributed by atoms with Crippen molar-refractivity contribution >= 4 is 5.97 Å². The van der Waals surface area contributed by atoms with E-state index in [1.54, 1.807) is 0 Å². The van der Waals surface area contributed by atoms with E-state index in [-0.39, 0.29) is 0 Å². The maximum Gasteiger partial charge on any atom is 0.460 e. The van der Waals surface area contributed by atoms with Crippen molar-refractivity contribution in [3.63, 3.8) is 0 Å². The lowest BCUT2D eigenvalue weighted by molar-refractivity contribution is -0.418. The van der Waals surface area contributed by atoms with E-state index in [0.29, 0.717) is 0 Å². The number of alkyl halides is 11. The third kappa shape index (κ3) is 2.92. The highest BCUT2D eigenvalue weighted by molar-refractivity contribution is 5.79. The monoisotopic (exact) mass is 358 g/mol. The van der Waals surface area contributed by atoms with E-state index in [9.17, 15) is 53.1 Å². The summed E-state index contributed by atoms with van der Waals surface area (Å²) in [6.45, 7) is -2.64. The van der Waals surface area contributed by atoms with Crippen LogP contribution in [0.3, 0.4) is 0 Å². The minimum atomic E-state index is -7.67. The number of rotatable bonds is 6. The van der Waals surface area contributed by atoms with E-state index >= 15 is 0 Å². The third-order valence-corrected chi connectivity index (χ3v) is 2.12. The molecule has 1 N–H and O–H groups in total. The van der Waals surface area contributed by atoms with Gasteiger partial charge in [0, 0.05) is 0 Å². The van der Waals surface area contributed by atoms with Crippen molar-refractivity contribution in [1.82, 2.24) is 0 Å². The molecule has 0 unspecified atom stereocenters. The summed E-state index contributed by atoms with van der Waals surface area (Å²) in [6.07, 6.45) is -7.30. The van der Waals surface area contributed by atoms with Crippen molar-refractivity contribution in [2.75, 3.05) is 13.2 Å². The molecule has 0 bridgehead atoms. The van der Waals surface area contributed by atoms with Crippen LogP contribution in [0.15, 0.2) is 0 Å². The summed E-state index contributed by atoms with van der Waals surface area (Å²) in [4.78, 5) is 10.5. The fourth-order valence-electron chi connectivity index (χ4n) is 0.930. The fourth-order valence-corrected chi connectivity index (χ4v) is 0.930. The van der Waals surface area contributed by atoms with E-state index in [1.807, 2.05) is 0 Å². The second-order valence-electron chi connectivity index (χ2n) is 3.65. The Bertz CT molecular complexity index is 414. The first kappa shape index (κ1) is 20.7. The lowest BCUT2D eigenvalue weighted by Crippen LogP contribution is -2.68. The molecule has 14 heteroatoms. The van der Waals surface area contributed by atoms with Gasteiger partial charge in [-0.2, -0.15) is 48.3 Å². The zero-order chi connectivity index (χ0) is 18.2. The van der Waals surface area contributed by atoms with Gasteiger partial charge >= 0.3 is 35.8 Å². The van der Waals surface area contributed by atoms with Crippen LogP contribution in [0, 0.1) is 0 Å². The molecule has 0 radical (unpaired) electrons. The smallest absolute Gasteiger partial charge is 0.459 e. The summed E-state index contributed by atoms with van der Waals surface area (Å²) in [6, 6.07) is 0. The molecule has 0 amide bonds. The molecule has 0 saturated carbocycles. The van der Waals surface area contributed by atoms with E-state index in [2.05, 4.69) is 4.74 Å². The van der Waals surface area contributed by atoms with Gasteiger partial charge in [0.2, 0.25) is 0 Å². The van der Waals surface area contributed by atoms with Gasteiger partial charge in [0.25, 0.3) is 0 Å². The minimum Gasteiger partial charge on any atom is -0.459 e. The standard InChI is InChI=1S/C8H5F11O3/c9-4(10,3(21)22-2-1-20)5(11,12)6(13,14)7(15,16)8(17,18)19/h20H,1-2H2. The Morgan fingerprint density at radius 1 is 0.773 bits per heavy atom. The Hall–Kier alpha value is -1.34. The summed E-state index contributed by atoms with van der Waals surface area (Å²) >= 11 is 0. The highest BCUT2D eigenvalue weighted by atomic mass is 19.4. The molecule has 22 heavy (non-hydrogen) atoms. The van der Waals surface area contributed by atoms with Crippen LogP contribution >= 0.6 is 0 Å². The van der Waals surface area contributed by atoms with Crippen LogP contribution in [-0.2, 0) is 9.53 Å². The van der Waals surface area contributed by atoms with Crippen LogP contribution in [0.4, 0.5) is 48.3 Å². The molecule has 132 valence electrons. The molecule has 0 spiro atoms. The first-order valence-electron chi connectivity index (χ1n) is 4.84. The van der Waals surface area contributed by atoms with Crippen LogP contribution in [0.25, 0.3) is 0 Å². The first-order chi connectivity index (χ1) is 9.48. The van der Waals surface area contributed by atoms with Crippen LogP contribution in [0.1, 0.15) is 0 Å². The van der Waals surface area contributed by atoms with Gasteiger partial charge in [-0.3, -0.25) is 0 Å². The van der Waals surface area contributed by atoms with Crippen LogP contribution in [-0.4, -0.2) is 54.2 Å². The van der Waals surface area contributed by atoms with Gasteiger partial charge in [0.15, 0.2) is 0 Å². The number of halogens is 11. The summed E-state index contributed by atoms with van der Waals surface area (Å²) in [7, 11) is 0. The molecule has 0 saturated heterocycles. The SMILES string of the molecule is O=C(OCCO)C(F)(F)C(F)(F)C(F)(F)C(F)(F)C(F)(F)F. The van der Waals surface area contributed by atoms with Gasteiger partial charge in [-0.05, 0) is 0 Å². The fraction of sp³-hybridized carbons (Fsp3) is 0.875. The Labute approximate surface area is 113 Å². The average Bonchev–Trinajstić information content (AvgIpc) is 2.33. The van der Waals surface area contributed by atoms with Crippen LogP contribution < -0.4 is 0 Å². The van der Waals surface area contributed by atoms with E-state index in [1.165, 1.54) is 0 Å². The van der Waals surface area contributed by atoms with Gasteiger partial charge < -0.3 is 9.84 Å². The molecule has 0 aromatic rings. The highest BCUT2D eigenvalue weighted by Crippen LogP contribution is 2.57. The Morgan fingerprint density at radius 3 is 1.50 bits per heavy atom. The molecule has 0 aliphatic rings. The maximum absolute atomic E-state index is 12.8. The lowest BCUT2D eigenvalue weighted by Gasteiger charge is -2.36. The predicted molar refractivity (Wildman–Crippen MR) is 43.9 cm³/mol. The third-order valence-electron chi connectivity index (χ3n) is 2.12. The second-order valence-corrected chi connectivity index (χ2v) is 3.65. The number of aliphatic hydroxyl groups is 1. The molecule has 3 nitrogen and oxygen atoms in total. The van der Waals surface area contributed by atoms with Crippen molar-refractivity contribution in [1.29, 1.82) is 0 Å². The minimum absolute atomic E-state index is 1.23. The first-order valence-corrected chi connectivity index (χ1v) is 4.84. The van der Waals surface area contributed by atoms with Gasteiger partial charge in [0.1, 0.15) is 6.61 Å². The predicted octanol–water partition coefficient (Wildman–Crippen LogP) is 2.63. The second kappa shape index (κ2) is 5.70. The van der Waals surface area contributed by atoms with E-state index < -0.39 is 49.0 Å². The summed E-state index contributed by atoms with van der Waals surface area (Å²) in [5, 5.41) is 8.05. The Morgan fingerprint density at radius 2 is 1.18 bits per heavy atom. The zero-order valence-electron chi connectivity index (χ0n) is 9.84. The van der Waals surface area contributed by atoms with Crippen molar-refractivity contribution in [2.24, 2.45) is 0 Å². The van der Waals surface area contributed by atoms with Gasteiger partial charge in [-0.1, -0.05) is 0 Å². The molecule has 0 fully saturated rings. The van der Waals surface area contributed by atoms with Gasteiger partial charge in [-0.25, -0.2) is 4.79 Å². The van der Waals surface area contributed by atoms with Crippen LogP contribution in [0.5, 0.6) is 0 Å². The number of aliphatic hydroxyl groups excluding tert-OH is 1. The molecule has 0 aliphatic carbocycles. The lowest BCUT2D eigenvalue weighted by atomic mass is 9.98. The number of carbonyl (C=O) groups is 1. The summed E-state index contributed by atoms with van der Waals surface area (Å²) in [5.41, 5.74) is 0. The molecule has 0 rings (SSSR count). The van der Waals surface area contributed by atoms with E-state index in [0.717, 1.165) is 0 Å². The highest BCUT2D eigenvalue weighted by Gasteiger charge is 2.88. The van der Waals surface area contributed by atoms with Crippen LogP contribution in [0.2, 0.25) is 0 Å². The van der Waals surface area contributed by atoms with Gasteiger partial charge in [0.05, 0.1) is 6.61 Å². The van der Waals surface area contributed by atoms with Crippen molar-refractivity contribution in [2.45, 2.75) is 29.9 Å². The molecule has 0 aromatic heterocycles. The topological polar surface area (TPSA) is 46.5 Å². The van der Waals surface area contributed by atoms with Crippen molar-refractivity contribution in [3.8, 4) is 0 Å². The molecule has 0 atom stereocenters. The molecule has 0 aliphatic heterocycles. The summed E-state index contributed by atoms with van der Waals surface area (Å²) in [5.74, 6) is -32.9. The summed E-state index contributed by atoms with van der Waals surface area (Å²) < 4.78 is 140. The average molecular weight is 358 g/mol. The quantitative estimate of drug-likeness (QED) is 0.587. The number of hydrogen-bond acceptors (Lipinski definition) is 3. The van der Waals surface area contributed by atoms with Gasteiger partial charge in [-0.15, -0.1) is 0 Å². The Balaban J connectivity index is 5.84. The number of ether oxygens (including phenoxy) is 1. The normalized spacial score (nSPS) is 14.9. The zero-order valence-corrected chi connectivity index (χ0v) is 9.84. The maximum atomic E-state index is 12.8. The van der Waals surface area contributed by atoms with Crippen molar-refractivity contribution in [3.05, 3.63) is 0 Å². The molecular weight excluding hydrogens is 353 g/mol. The number of hydrogen-bond donors (Lipinski definition) is 1. The number of carbonyl (C=O) groups excluding carboxylic acids is 1.